The van der Waals surface area contributed by atoms with Gasteiger partial charge in [0.25, 0.3) is 0 Å². The van der Waals surface area contributed by atoms with Gasteiger partial charge in [0.15, 0.2) is 0 Å². The van der Waals surface area contributed by atoms with E-state index in [1.807, 2.05) is 49.4 Å². The first kappa shape index (κ1) is 28.1. The van der Waals surface area contributed by atoms with Gasteiger partial charge in [-0.15, -0.1) is 17.2 Å². The van der Waals surface area contributed by atoms with Crippen molar-refractivity contribution in [2.24, 2.45) is 0 Å². The van der Waals surface area contributed by atoms with E-state index in [1.54, 1.807) is 42.5 Å². The summed E-state index contributed by atoms with van der Waals surface area (Å²) in [5.74, 6) is 0.462. The van der Waals surface area contributed by atoms with Crippen LogP contribution < -0.4 is 15.3 Å². The molecule has 34 heavy (non-hydrogen) atoms. The molecule has 0 aliphatic rings. The van der Waals surface area contributed by atoms with E-state index >= 15 is 0 Å². The van der Waals surface area contributed by atoms with E-state index in [0.717, 1.165) is 11.1 Å². The van der Waals surface area contributed by atoms with Gasteiger partial charge in [-0.3, -0.25) is 0 Å². The Balaban J connectivity index is 0.000000233. The molecule has 5 rings (SSSR count). The second kappa shape index (κ2) is 15.8. The van der Waals surface area contributed by atoms with Crippen molar-refractivity contribution in [3.63, 3.8) is 0 Å². The quantitative estimate of drug-likeness (QED) is 0.346. The zero-order valence-electron chi connectivity index (χ0n) is 18.7. The Hall–Kier alpha value is -3.98. The number of rotatable bonds is 0. The summed E-state index contributed by atoms with van der Waals surface area (Å²) in [6.45, 7) is 1.91. The number of phenolic OH excluding ortho intramolecular Hbond substituents is 1. The van der Waals surface area contributed by atoms with Crippen LogP contribution in [0.15, 0.2) is 121 Å². The van der Waals surface area contributed by atoms with Gasteiger partial charge in [0.05, 0.1) is 0 Å². The topological polar surface area (TPSA) is 102 Å². The molecule has 0 aliphatic carbocycles. The van der Waals surface area contributed by atoms with Crippen molar-refractivity contribution in [1.29, 1.82) is 0 Å². The fourth-order valence-corrected chi connectivity index (χ4v) is 2.49. The molecule has 5 nitrogen and oxygen atoms in total. The zero-order valence-corrected chi connectivity index (χ0v) is 19.9. The van der Waals surface area contributed by atoms with Gasteiger partial charge in [0.1, 0.15) is 11.3 Å². The maximum atomic E-state index is 10.3. The molecule has 0 spiro atoms. The van der Waals surface area contributed by atoms with Crippen LogP contribution in [0.25, 0.3) is 10.9 Å². The predicted octanol–water partition coefficient (Wildman–Crippen LogP) is 4.15. The van der Waals surface area contributed by atoms with E-state index in [0.29, 0.717) is 5.52 Å². The Bertz CT molecular complexity index is 1120. The summed E-state index contributed by atoms with van der Waals surface area (Å²) in [6, 6.07) is 34.3. The molecule has 6 heteroatoms. The summed E-state index contributed by atoms with van der Waals surface area (Å²) >= 11 is 0. The number of para-hydroxylation sites is 4. The van der Waals surface area contributed by atoms with Gasteiger partial charge in [0, 0.05) is 11.1 Å². The number of pyridine rings is 1. The molecule has 4 aromatic carbocycles. The molecule has 1 heterocycles. The Morgan fingerprint density at radius 3 is 1.29 bits per heavy atom. The van der Waals surface area contributed by atoms with Crippen LogP contribution in [0.5, 0.6) is 23.0 Å². The van der Waals surface area contributed by atoms with Crippen LogP contribution in [0, 0.1) is 6.92 Å². The monoisotopic (exact) mass is 465 g/mol. The number of nitrogens with zero attached hydrogens (tertiary/aromatic N) is 1. The van der Waals surface area contributed by atoms with Gasteiger partial charge in [-0.1, -0.05) is 109 Å². The number of hydrogen-bond acceptors (Lipinski definition) is 5. The van der Waals surface area contributed by atoms with Gasteiger partial charge in [-0.25, -0.2) is 4.98 Å². The maximum absolute atomic E-state index is 10.3. The number of aryl methyl sites for hydroxylation is 1. The summed E-state index contributed by atoms with van der Waals surface area (Å²) in [6.07, 6.45) is 0. The van der Waals surface area contributed by atoms with Crippen LogP contribution in [-0.4, -0.2) is 27.5 Å². The van der Waals surface area contributed by atoms with Gasteiger partial charge in [0.2, 0.25) is 0 Å². The molecule has 0 aliphatic heterocycles. The van der Waals surface area contributed by atoms with E-state index in [4.69, 9.17) is 0 Å². The normalized spacial score (nSPS) is 8.97. The number of aromatic hydroxyl groups is 1. The molecule has 0 amide bonds. The molecule has 1 N–H and O–H groups in total. The van der Waals surface area contributed by atoms with Crippen molar-refractivity contribution in [2.75, 3.05) is 0 Å². The Labute approximate surface area is 210 Å². The van der Waals surface area contributed by atoms with Crippen LogP contribution in [0.1, 0.15) is 5.69 Å². The van der Waals surface area contributed by atoms with E-state index in [9.17, 15) is 20.4 Å². The van der Waals surface area contributed by atoms with E-state index in [-0.39, 0.29) is 40.4 Å². The van der Waals surface area contributed by atoms with Gasteiger partial charge in [-0.05, 0) is 19.1 Å². The Kier molecular flexibility index (Phi) is 13.0. The van der Waals surface area contributed by atoms with Crippen LogP contribution in [-0.2, 0) is 0 Å². The Morgan fingerprint density at radius 1 is 0.529 bits per heavy atom. The van der Waals surface area contributed by atoms with E-state index in [1.165, 1.54) is 36.4 Å². The van der Waals surface area contributed by atoms with E-state index < -0.39 is 0 Å². The average molecular weight is 465 g/mol. The minimum absolute atomic E-state index is 0. The average Bonchev–Trinajstić information content (AvgIpc) is 2.83. The molecular weight excluding hydrogens is 441 g/mol. The molecule has 0 saturated heterocycles. The third-order valence-corrected chi connectivity index (χ3v) is 4.07. The van der Waals surface area contributed by atoms with Crippen LogP contribution in [0.3, 0.4) is 0 Å². The number of fused-ring (bicyclic) bond motifs is 1. The predicted molar refractivity (Wildman–Crippen MR) is 132 cm³/mol. The minimum Gasteiger partial charge on any atom is -0.872 e. The summed E-state index contributed by atoms with van der Waals surface area (Å²) in [7, 11) is 0. The fourth-order valence-electron chi connectivity index (χ4n) is 2.49. The van der Waals surface area contributed by atoms with Gasteiger partial charge >= 0.3 is 17.4 Å². The molecular formula is C28H24AlNO4. The number of benzene rings is 4. The van der Waals surface area contributed by atoms with Crippen molar-refractivity contribution < 1.29 is 20.4 Å². The first-order valence-electron chi connectivity index (χ1n) is 10.2. The van der Waals surface area contributed by atoms with Crippen LogP contribution in [0.4, 0.5) is 0 Å². The molecule has 168 valence electrons. The summed E-state index contributed by atoms with van der Waals surface area (Å²) in [5, 5.41) is 41.2. The molecule has 0 atom stereocenters. The third kappa shape index (κ3) is 11.1. The molecule has 0 bridgehead atoms. The van der Waals surface area contributed by atoms with Crippen molar-refractivity contribution in [1.82, 2.24) is 4.98 Å². The summed E-state index contributed by atoms with van der Waals surface area (Å²) in [5.41, 5.74) is 1.60. The first-order chi connectivity index (χ1) is 16.0. The van der Waals surface area contributed by atoms with Crippen LogP contribution in [0.2, 0.25) is 0 Å². The summed E-state index contributed by atoms with van der Waals surface area (Å²) < 4.78 is 0. The molecule has 0 unspecified atom stereocenters. The molecule has 0 fully saturated rings. The summed E-state index contributed by atoms with van der Waals surface area (Å²) in [4.78, 5) is 4.23. The SMILES string of the molecule is Cc1ccc2cccc(O)c2n1.[Al+3].[O-]c1ccccc1.[O-]c1ccccc1.[O-]c1ccccc1. The smallest absolute Gasteiger partial charge is 0.872 e. The second-order valence-corrected chi connectivity index (χ2v) is 6.74. The molecule has 1 aromatic heterocycles. The van der Waals surface area contributed by atoms with E-state index in [2.05, 4.69) is 4.98 Å². The Morgan fingerprint density at radius 2 is 0.941 bits per heavy atom. The molecule has 0 saturated carbocycles. The standard InChI is InChI=1S/C10H9NO.3C6H6O.Al/c1-7-5-6-8-3-2-4-9(12)10(8)11-7;3*7-6-4-2-1-3-5-6;/h2-6,12H,1H3;3*1-5,7H;/q;;;;+3/p-3. The number of phenols is 1. The van der Waals surface area contributed by atoms with Crippen molar-refractivity contribution >= 4 is 28.3 Å². The second-order valence-electron chi connectivity index (χ2n) is 6.74. The fraction of sp³-hybridized carbons (Fsp3) is 0.0357. The van der Waals surface area contributed by atoms with Crippen molar-refractivity contribution in [3.05, 3.63) is 127 Å². The molecule has 0 radical (unpaired) electrons. The van der Waals surface area contributed by atoms with Crippen LogP contribution >= 0.6 is 0 Å². The van der Waals surface area contributed by atoms with Crippen molar-refractivity contribution in [2.45, 2.75) is 6.92 Å². The number of hydrogen-bond donors (Lipinski definition) is 1. The van der Waals surface area contributed by atoms with Gasteiger partial charge < -0.3 is 20.4 Å². The maximum Gasteiger partial charge on any atom is 3.00 e. The largest absolute Gasteiger partial charge is 3.00 e. The number of aromatic nitrogens is 1. The zero-order chi connectivity index (χ0) is 23.9. The minimum atomic E-state index is 0. The van der Waals surface area contributed by atoms with Crippen molar-refractivity contribution in [3.8, 4) is 23.0 Å². The molecule has 5 aromatic rings. The first-order valence-corrected chi connectivity index (χ1v) is 10.2. The van der Waals surface area contributed by atoms with Gasteiger partial charge in [-0.2, -0.15) is 0 Å². The third-order valence-electron chi connectivity index (χ3n) is 4.07.